The van der Waals surface area contributed by atoms with Crippen molar-refractivity contribution in [2.24, 2.45) is 0 Å². The summed E-state index contributed by atoms with van der Waals surface area (Å²) >= 11 is 0. The first kappa shape index (κ1) is 12.7. The van der Waals surface area contributed by atoms with E-state index in [0.717, 1.165) is 0 Å². The molecule has 2 aromatic rings. The van der Waals surface area contributed by atoms with Gasteiger partial charge in [-0.2, -0.15) is 5.26 Å². The van der Waals surface area contributed by atoms with Gasteiger partial charge in [-0.25, -0.2) is 0 Å². The fourth-order valence-electron chi connectivity index (χ4n) is 1.73. The number of phenols is 1. The number of nitrogens with one attached hydrogen (secondary N) is 1. The number of carbonyl (C=O) groups is 1. The van der Waals surface area contributed by atoms with E-state index in [9.17, 15) is 9.90 Å². The average Bonchev–Trinajstić information content (AvgIpc) is 2.41. The highest BCUT2D eigenvalue weighted by Gasteiger charge is 2.19. The van der Waals surface area contributed by atoms with Crippen molar-refractivity contribution < 1.29 is 9.90 Å². The summed E-state index contributed by atoms with van der Waals surface area (Å²) in [5.41, 5.74) is 1.10. The second-order valence-corrected chi connectivity index (χ2v) is 4.01. The Kier molecular flexibility index (Phi) is 3.79. The van der Waals surface area contributed by atoms with Crippen molar-refractivity contribution in [1.29, 1.82) is 5.26 Å². The molecule has 2 rings (SSSR count). The predicted octanol–water partition coefficient (Wildman–Crippen LogP) is 2.64. The molecular weight excluding hydrogens is 240 g/mol. The van der Waals surface area contributed by atoms with Gasteiger partial charge in [-0.15, -0.1) is 0 Å². The highest BCUT2D eigenvalue weighted by atomic mass is 16.3. The van der Waals surface area contributed by atoms with Crippen LogP contribution in [0.3, 0.4) is 0 Å². The molecule has 1 atom stereocenters. The molecular formula is C15H12N2O2. The van der Waals surface area contributed by atoms with Gasteiger partial charge in [0.2, 0.25) is 5.91 Å². The molecule has 0 radical (unpaired) electrons. The van der Waals surface area contributed by atoms with E-state index in [-0.39, 0.29) is 5.75 Å². The minimum Gasteiger partial charge on any atom is -0.508 e. The molecule has 0 spiro atoms. The molecule has 0 aliphatic heterocycles. The number of nitriles is 1. The zero-order chi connectivity index (χ0) is 13.7. The lowest BCUT2D eigenvalue weighted by atomic mass is 10.00. The molecule has 0 aromatic heterocycles. The minimum atomic E-state index is -0.872. The molecule has 4 nitrogen and oxygen atoms in total. The van der Waals surface area contributed by atoms with Crippen LogP contribution in [0.4, 0.5) is 5.69 Å². The van der Waals surface area contributed by atoms with Crippen LogP contribution >= 0.6 is 0 Å². The summed E-state index contributed by atoms with van der Waals surface area (Å²) < 4.78 is 0. The largest absolute Gasteiger partial charge is 0.508 e. The summed E-state index contributed by atoms with van der Waals surface area (Å²) in [4.78, 5) is 12.0. The lowest BCUT2D eigenvalue weighted by molar-refractivity contribution is -0.116. The van der Waals surface area contributed by atoms with Crippen LogP contribution in [0.1, 0.15) is 11.5 Å². The number of hydrogen-bond acceptors (Lipinski definition) is 3. The van der Waals surface area contributed by atoms with E-state index in [1.54, 1.807) is 36.4 Å². The number of benzene rings is 2. The van der Waals surface area contributed by atoms with Crippen molar-refractivity contribution in [3.8, 4) is 11.8 Å². The number of anilines is 1. The molecule has 1 unspecified atom stereocenters. The maximum atomic E-state index is 12.0. The number of amides is 1. The van der Waals surface area contributed by atoms with Crippen LogP contribution in [0.2, 0.25) is 0 Å². The normalized spacial score (nSPS) is 11.3. The van der Waals surface area contributed by atoms with Crippen LogP contribution < -0.4 is 5.32 Å². The fraction of sp³-hybridized carbons (Fsp3) is 0.0667. The van der Waals surface area contributed by atoms with Gasteiger partial charge >= 0.3 is 0 Å². The summed E-state index contributed by atoms with van der Waals surface area (Å²) in [5.74, 6) is -1.23. The standard InChI is InChI=1S/C15H12N2O2/c16-10-14(11-5-2-1-3-6-11)15(19)17-12-7-4-8-13(18)9-12/h1-9,14,18H,(H,17,19). The Labute approximate surface area is 110 Å². The Morgan fingerprint density at radius 2 is 1.89 bits per heavy atom. The molecule has 0 bridgehead atoms. The third kappa shape index (κ3) is 3.11. The highest BCUT2D eigenvalue weighted by Crippen LogP contribution is 2.20. The molecule has 0 saturated carbocycles. The summed E-state index contributed by atoms with van der Waals surface area (Å²) in [5, 5.41) is 21.1. The SMILES string of the molecule is N#CC(C(=O)Nc1cccc(O)c1)c1ccccc1. The van der Waals surface area contributed by atoms with E-state index in [0.29, 0.717) is 11.3 Å². The first-order valence-corrected chi connectivity index (χ1v) is 5.75. The van der Waals surface area contributed by atoms with Crippen LogP contribution in [-0.4, -0.2) is 11.0 Å². The van der Waals surface area contributed by atoms with Gasteiger partial charge in [-0.1, -0.05) is 36.4 Å². The van der Waals surface area contributed by atoms with Crippen LogP contribution in [0.25, 0.3) is 0 Å². The molecule has 0 fully saturated rings. The molecule has 0 heterocycles. The van der Waals surface area contributed by atoms with Gasteiger partial charge in [-0.3, -0.25) is 4.79 Å². The minimum absolute atomic E-state index is 0.0611. The monoisotopic (exact) mass is 252 g/mol. The summed E-state index contributed by atoms with van der Waals surface area (Å²) in [6.07, 6.45) is 0. The van der Waals surface area contributed by atoms with E-state index in [4.69, 9.17) is 5.26 Å². The molecule has 0 saturated heterocycles. The van der Waals surface area contributed by atoms with E-state index in [1.165, 1.54) is 12.1 Å². The first-order valence-electron chi connectivity index (χ1n) is 5.75. The molecule has 2 N–H and O–H groups in total. The maximum Gasteiger partial charge on any atom is 0.246 e. The second-order valence-electron chi connectivity index (χ2n) is 4.01. The van der Waals surface area contributed by atoms with Crippen molar-refractivity contribution in [2.75, 3.05) is 5.32 Å². The van der Waals surface area contributed by atoms with Gasteiger partial charge in [0.05, 0.1) is 6.07 Å². The van der Waals surface area contributed by atoms with Crippen LogP contribution in [0.5, 0.6) is 5.75 Å². The number of nitrogens with zero attached hydrogens (tertiary/aromatic N) is 1. The topological polar surface area (TPSA) is 73.1 Å². The van der Waals surface area contributed by atoms with Gasteiger partial charge in [0.15, 0.2) is 5.92 Å². The number of aromatic hydroxyl groups is 1. The molecule has 4 heteroatoms. The number of carbonyl (C=O) groups excluding carboxylic acids is 1. The van der Waals surface area contributed by atoms with Gasteiger partial charge < -0.3 is 10.4 Å². The first-order chi connectivity index (χ1) is 9.20. The lowest BCUT2D eigenvalue weighted by Gasteiger charge is -2.10. The Morgan fingerprint density at radius 3 is 2.53 bits per heavy atom. The van der Waals surface area contributed by atoms with E-state index < -0.39 is 11.8 Å². The van der Waals surface area contributed by atoms with Crippen molar-refractivity contribution in [2.45, 2.75) is 5.92 Å². The third-order valence-electron chi connectivity index (χ3n) is 2.64. The number of phenolic OH excluding ortho intramolecular Hbond substituents is 1. The smallest absolute Gasteiger partial charge is 0.246 e. The Bertz CT molecular complexity index is 618. The van der Waals surface area contributed by atoms with E-state index in [1.807, 2.05) is 12.1 Å². The number of hydrogen-bond donors (Lipinski definition) is 2. The van der Waals surface area contributed by atoms with Gasteiger partial charge in [-0.05, 0) is 17.7 Å². The maximum absolute atomic E-state index is 12.0. The van der Waals surface area contributed by atoms with Gasteiger partial charge in [0, 0.05) is 11.8 Å². The van der Waals surface area contributed by atoms with Crippen molar-refractivity contribution in [1.82, 2.24) is 0 Å². The van der Waals surface area contributed by atoms with Crippen LogP contribution in [0.15, 0.2) is 54.6 Å². The van der Waals surface area contributed by atoms with Crippen molar-refractivity contribution in [3.63, 3.8) is 0 Å². The highest BCUT2D eigenvalue weighted by molar-refractivity contribution is 5.97. The summed E-state index contributed by atoms with van der Waals surface area (Å²) in [6.45, 7) is 0. The molecule has 94 valence electrons. The predicted molar refractivity (Wildman–Crippen MR) is 71.5 cm³/mol. The fourth-order valence-corrected chi connectivity index (χ4v) is 1.73. The molecule has 0 aliphatic carbocycles. The molecule has 2 aromatic carbocycles. The van der Waals surface area contributed by atoms with Crippen LogP contribution in [-0.2, 0) is 4.79 Å². The van der Waals surface area contributed by atoms with Crippen LogP contribution in [0, 0.1) is 11.3 Å². The molecule has 0 aliphatic rings. The zero-order valence-corrected chi connectivity index (χ0v) is 10.1. The van der Waals surface area contributed by atoms with E-state index >= 15 is 0 Å². The van der Waals surface area contributed by atoms with Crippen molar-refractivity contribution in [3.05, 3.63) is 60.2 Å². The summed E-state index contributed by atoms with van der Waals surface area (Å²) in [6, 6.07) is 17.0. The van der Waals surface area contributed by atoms with Gasteiger partial charge in [0.1, 0.15) is 5.75 Å². The Hall–Kier alpha value is -2.80. The third-order valence-corrected chi connectivity index (χ3v) is 2.64. The quantitative estimate of drug-likeness (QED) is 0.881. The molecule has 1 amide bonds. The average molecular weight is 252 g/mol. The summed E-state index contributed by atoms with van der Waals surface area (Å²) in [7, 11) is 0. The Balaban J connectivity index is 2.17. The lowest BCUT2D eigenvalue weighted by Crippen LogP contribution is -2.19. The molecule has 19 heavy (non-hydrogen) atoms. The zero-order valence-electron chi connectivity index (χ0n) is 10.1. The van der Waals surface area contributed by atoms with Gasteiger partial charge in [0.25, 0.3) is 0 Å². The van der Waals surface area contributed by atoms with E-state index in [2.05, 4.69) is 5.32 Å². The number of rotatable bonds is 3. The van der Waals surface area contributed by atoms with Crippen molar-refractivity contribution >= 4 is 11.6 Å². The second kappa shape index (κ2) is 5.69. The Morgan fingerprint density at radius 1 is 1.16 bits per heavy atom.